The number of rotatable bonds is 6. The summed E-state index contributed by atoms with van der Waals surface area (Å²) in [6.07, 6.45) is 0.627. The number of alkyl halides is 2. The molecular weight excluding hydrogens is 504 g/mol. The zero-order valence-electron chi connectivity index (χ0n) is 20.0. The van der Waals surface area contributed by atoms with Crippen molar-refractivity contribution >= 4 is 15.9 Å². The van der Waals surface area contributed by atoms with E-state index in [-0.39, 0.29) is 56.2 Å². The largest absolute Gasteiger partial charge is 0.350 e. The number of aromatic nitrogens is 3. The minimum absolute atomic E-state index is 0.0575. The average molecular weight is 533 g/mol. The van der Waals surface area contributed by atoms with Crippen LogP contribution in [0.15, 0.2) is 23.4 Å². The molecule has 2 heterocycles. The summed E-state index contributed by atoms with van der Waals surface area (Å²) in [5, 5.41) is 9.77. The van der Waals surface area contributed by atoms with Crippen molar-refractivity contribution in [2.45, 2.75) is 49.1 Å². The summed E-state index contributed by atoms with van der Waals surface area (Å²) in [7, 11) is -2.31. The summed E-state index contributed by atoms with van der Waals surface area (Å²) in [6.45, 7) is 2.00. The van der Waals surface area contributed by atoms with Gasteiger partial charge < -0.3 is 5.32 Å². The standard InChI is InChI=1S/C22H28F4N6O3S/c1-15-11-18(24)16(12-17(15)23)20(33)27-14-21(3-5-22(25,26)6-4-21)31-7-9-32(10-8-31)36(34,35)19-13-30(2)29-28-19/h11-13H,3-10,14H2,1-2H3,(H,27,33). The minimum atomic E-state index is -3.86. The molecule has 0 spiro atoms. The molecule has 0 bridgehead atoms. The van der Waals surface area contributed by atoms with E-state index < -0.39 is 57.4 Å². The summed E-state index contributed by atoms with van der Waals surface area (Å²) >= 11 is 0. The lowest BCUT2D eigenvalue weighted by Crippen LogP contribution is -2.63. The van der Waals surface area contributed by atoms with Gasteiger partial charge in [0, 0.05) is 58.2 Å². The van der Waals surface area contributed by atoms with Crippen molar-refractivity contribution in [3.63, 3.8) is 0 Å². The molecule has 1 aliphatic carbocycles. The Kier molecular flexibility index (Phi) is 7.14. The van der Waals surface area contributed by atoms with E-state index in [2.05, 4.69) is 15.6 Å². The number of piperazine rings is 1. The molecule has 0 unspecified atom stereocenters. The van der Waals surface area contributed by atoms with Crippen molar-refractivity contribution in [1.82, 2.24) is 29.5 Å². The third kappa shape index (κ3) is 5.25. The number of nitrogens with zero attached hydrogens (tertiary/aromatic N) is 5. The van der Waals surface area contributed by atoms with Crippen LogP contribution in [0, 0.1) is 18.6 Å². The third-order valence-electron chi connectivity index (χ3n) is 7.08. The van der Waals surface area contributed by atoms with Crippen LogP contribution in [-0.4, -0.2) is 82.7 Å². The molecule has 1 saturated heterocycles. The van der Waals surface area contributed by atoms with Gasteiger partial charge in [0.2, 0.25) is 10.9 Å². The van der Waals surface area contributed by atoms with Crippen LogP contribution in [0.4, 0.5) is 17.6 Å². The molecule has 9 nitrogen and oxygen atoms in total. The molecule has 36 heavy (non-hydrogen) atoms. The summed E-state index contributed by atoms with van der Waals surface area (Å²) in [6, 6.07) is 1.75. The molecule has 198 valence electrons. The highest BCUT2D eigenvalue weighted by Crippen LogP contribution is 2.42. The van der Waals surface area contributed by atoms with Gasteiger partial charge in [0.15, 0.2) is 0 Å². The molecule has 1 aromatic heterocycles. The number of amides is 1. The van der Waals surface area contributed by atoms with E-state index in [1.54, 1.807) is 7.05 Å². The van der Waals surface area contributed by atoms with Crippen LogP contribution >= 0.6 is 0 Å². The quantitative estimate of drug-likeness (QED) is 0.572. The van der Waals surface area contributed by atoms with Gasteiger partial charge >= 0.3 is 0 Å². The Bertz CT molecular complexity index is 1230. The predicted molar refractivity (Wildman–Crippen MR) is 121 cm³/mol. The van der Waals surface area contributed by atoms with Crippen molar-refractivity contribution in [2.24, 2.45) is 7.05 Å². The fourth-order valence-electron chi connectivity index (χ4n) is 4.83. The Labute approximate surface area is 206 Å². The van der Waals surface area contributed by atoms with Gasteiger partial charge in [0.1, 0.15) is 11.6 Å². The van der Waals surface area contributed by atoms with Gasteiger partial charge in [-0.25, -0.2) is 26.0 Å². The smallest absolute Gasteiger partial charge is 0.264 e. The van der Waals surface area contributed by atoms with Gasteiger partial charge in [-0.3, -0.25) is 14.4 Å². The molecule has 2 aromatic rings. The molecular formula is C22H28F4N6O3S. The van der Waals surface area contributed by atoms with Crippen LogP contribution in [0.2, 0.25) is 0 Å². The molecule has 0 radical (unpaired) electrons. The Morgan fingerprint density at radius 2 is 1.69 bits per heavy atom. The number of halogens is 4. The zero-order chi connectivity index (χ0) is 26.3. The van der Waals surface area contributed by atoms with E-state index in [0.717, 1.165) is 12.1 Å². The maximum absolute atomic E-state index is 14.3. The molecule has 1 aromatic carbocycles. The van der Waals surface area contributed by atoms with E-state index in [9.17, 15) is 30.8 Å². The molecule has 1 saturated carbocycles. The predicted octanol–water partition coefficient (Wildman–Crippen LogP) is 2.09. The highest BCUT2D eigenvalue weighted by Gasteiger charge is 2.48. The van der Waals surface area contributed by atoms with Crippen LogP contribution < -0.4 is 5.32 Å². The first-order chi connectivity index (χ1) is 16.8. The molecule has 0 atom stereocenters. The van der Waals surface area contributed by atoms with Crippen LogP contribution in [0.1, 0.15) is 41.6 Å². The number of benzene rings is 1. The van der Waals surface area contributed by atoms with E-state index in [1.807, 2.05) is 4.90 Å². The number of carbonyl (C=O) groups is 1. The first-order valence-corrected chi connectivity index (χ1v) is 13.0. The number of hydrogen-bond acceptors (Lipinski definition) is 6. The fraction of sp³-hybridized carbons (Fsp3) is 0.591. The molecule has 4 rings (SSSR count). The van der Waals surface area contributed by atoms with Gasteiger partial charge in [-0.05, 0) is 37.5 Å². The first kappa shape index (κ1) is 26.5. The topological polar surface area (TPSA) is 100 Å². The monoisotopic (exact) mass is 532 g/mol. The summed E-state index contributed by atoms with van der Waals surface area (Å²) in [5.74, 6) is -5.28. The second-order valence-corrected chi connectivity index (χ2v) is 11.4. The number of aryl methyl sites for hydroxylation is 2. The first-order valence-electron chi connectivity index (χ1n) is 11.6. The Morgan fingerprint density at radius 1 is 1.06 bits per heavy atom. The van der Waals surface area contributed by atoms with Crippen LogP contribution in [0.3, 0.4) is 0 Å². The van der Waals surface area contributed by atoms with Crippen LogP contribution in [0.25, 0.3) is 0 Å². The fourth-order valence-corrected chi connectivity index (χ4v) is 6.16. The number of hydrogen-bond donors (Lipinski definition) is 1. The maximum atomic E-state index is 14.3. The number of carbonyl (C=O) groups excluding carboxylic acids is 1. The lowest BCUT2D eigenvalue weighted by Gasteiger charge is -2.50. The van der Waals surface area contributed by atoms with Gasteiger partial charge in [0.05, 0.1) is 11.8 Å². The van der Waals surface area contributed by atoms with E-state index >= 15 is 0 Å². The van der Waals surface area contributed by atoms with Gasteiger partial charge in [0.25, 0.3) is 15.9 Å². The molecule has 14 heteroatoms. The highest BCUT2D eigenvalue weighted by atomic mass is 32.2. The van der Waals surface area contributed by atoms with Gasteiger partial charge in [-0.1, -0.05) is 5.21 Å². The Balaban J connectivity index is 1.49. The normalized spacial score (nSPS) is 20.8. The number of sulfonamides is 1. The lowest BCUT2D eigenvalue weighted by molar-refractivity contribution is -0.0856. The summed E-state index contributed by atoms with van der Waals surface area (Å²) in [5.41, 5.74) is -1.28. The summed E-state index contributed by atoms with van der Waals surface area (Å²) < 4.78 is 84.5. The average Bonchev–Trinajstić information content (AvgIpc) is 3.28. The third-order valence-corrected chi connectivity index (χ3v) is 8.84. The highest BCUT2D eigenvalue weighted by molar-refractivity contribution is 7.89. The van der Waals surface area contributed by atoms with Gasteiger partial charge in [-0.15, -0.1) is 5.10 Å². The van der Waals surface area contributed by atoms with Crippen molar-refractivity contribution in [3.05, 3.63) is 41.1 Å². The Morgan fingerprint density at radius 3 is 2.28 bits per heavy atom. The second-order valence-electron chi connectivity index (χ2n) is 9.47. The second kappa shape index (κ2) is 9.71. The SMILES string of the molecule is Cc1cc(F)c(C(=O)NCC2(N3CCN(S(=O)(=O)c4cn(C)nn4)CC3)CCC(F)(F)CC2)cc1F. The molecule has 2 aliphatic rings. The van der Waals surface area contributed by atoms with E-state index in [0.29, 0.717) is 0 Å². The molecule has 1 N–H and O–H groups in total. The van der Waals surface area contributed by atoms with Crippen molar-refractivity contribution in [3.8, 4) is 0 Å². The lowest BCUT2D eigenvalue weighted by atomic mass is 9.78. The minimum Gasteiger partial charge on any atom is -0.350 e. The van der Waals surface area contributed by atoms with Crippen molar-refractivity contribution < 1.29 is 30.8 Å². The van der Waals surface area contributed by atoms with Crippen molar-refractivity contribution in [1.29, 1.82) is 0 Å². The maximum Gasteiger partial charge on any atom is 0.264 e. The van der Waals surface area contributed by atoms with E-state index in [1.165, 1.54) is 22.1 Å². The Hall–Kier alpha value is -2.58. The number of nitrogens with one attached hydrogen (secondary N) is 1. The van der Waals surface area contributed by atoms with E-state index in [4.69, 9.17) is 0 Å². The zero-order valence-corrected chi connectivity index (χ0v) is 20.8. The van der Waals surface area contributed by atoms with Gasteiger partial charge in [-0.2, -0.15) is 4.31 Å². The molecule has 1 amide bonds. The van der Waals surface area contributed by atoms with Crippen molar-refractivity contribution in [2.75, 3.05) is 32.7 Å². The van der Waals surface area contributed by atoms with Crippen LogP contribution in [0.5, 0.6) is 0 Å². The molecule has 2 fully saturated rings. The summed E-state index contributed by atoms with van der Waals surface area (Å²) in [4.78, 5) is 14.6. The molecule has 1 aliphatic heterocycles. The van der Waals surface area contributed by atoms with Crippen LogP contribution in [-0.2, 0) is 17.1 Å².